The van der Waals surface area contributed by atoms with Gasteiger partial charge in [-0.1, -0.05) is 17.7 Å². The van der Waals surface area contributed by atoms with Crippen LogP contribution in [0.2, 0.25) is 0 Å². The average molecular weight is 338 g/mol. The Kier molecular flexibility index (Phi) is 4.74. The van der Waals surface area contributed by atoms with E-state index in [4.69, 9.17) is 4.74 Å². The first kappa shape index (κ1) is 17.0. The molecule has 25 heavy (non-hydrogen) atoms. The Morgan fingerprint density at radius 2 is 1.84 bits per heavy atom. The third-order valence-electron chi connectivity index (χ3n) is 4.26. The second kappa shape index (κ2) is 6.97. The molecule has 3 rings (SSSR count). The highest BCUT2D eigenvalue weighted by Gasteiger charge is 2.39. The molecule has 1 N–H and O–H groups in total. The molecule has 1 atom stereocenters. The highest BCUT2D eigenvalue weighted by molar-refractivity contribution is 6.23. The molecule has 5 heteroatoms. The van der Waals surface area contributed by atoms with Gasteiger partial charge in [0.15, 0.2) is 0 Å². The summed E-state index contributed by atoms with van der Waals surface area (Å²) in [4.78, 5) is 26.3. The first-order valence-corrected chi connectivity index (χ1v) is 8.43. The van der Waals surface area contributed by atoms with Crippen molar-refractivity contribution < 1.29 is 14.3 Å². The smallest absolute Gasteiger partial charge is 0.256 e. The van der Waals surface area contributed by atoms with Crippen molar-refractivity contribution in [1.29, 1.82) is 0 Å². The highest BCUT2D eigenvalue weighted by atomic mass is 16.5. The zero-order chi connectivity index (χ0) is 18.0. The van der Waals surface area contributed by atoms with Crippen LogP contribution in [0, 0.1) is 13.8 Å². The van der Waals surface area contributed by atoms with E-state index in [0.29, 0.717) is 12.3 Å². The number of aryl methyl sites for hydroxylation is 2. The predicted molar refractivity (Wildman–Crippen MR) is 98.0 cm³/mol. The number of nitrogens with one attached hydrogen (secondary N) is 1. The molecule has 0 spiro atoms. The largest absolute Gasteiger partial charge is 0.494 e. The van der Waals surface area contributed by atoms with E-state index < -0.39 is 6.04 Å². The van der Waals surface area contributed by atoms with Gasteiger partial charge in [-0.2, -0.15) is 0 Å². The standard InChI is InChI=1S/C20H22N2O3/c1-4-25-16-8-6-15(7-9-16)22-19(23)12-18(20(22)24)21-17-10-5-13(2)11-14(17)3/h5-11,18,21H,4,12H2,1-3H3. The first-order chi connectivity index (χ1) is 12.0. The van der Waals surface area contributed by atoms with Crippen molar-refractivity contribution in [1.82, 2.24) is 0 Å². The molecule has 2 aromatic carbocycles. The number of anilines is 2. The molecule has 5 nitrogen and oxygen atoms in total. The molecule has 2 aromatic rings. The summed E-state index contributed by atoms with van der Waals surface area (Å²) in [7, 11) is 0. The number of amides is 2. The minimum atomic E-state index is -0.541. The number of hydrogen-bond acceptors (Lipinski definition) is 4. The summed E-state index contributed by atoms with van der Waals surface area (Å²) in [5.74, 6) is 0.292. The Morgan fingerprint density at radius 3 is 2.48 bits per heavy atom. The fourth-order valence-corrected chi connectivity index (χ4v) is 3.04. The fraction of sp³-hybridized carbons (Fsp3) is 0.300. The molecule has 130 valence electrons. The van der Waals surface area contributed by atoms with Crippen LogP contribution < -0.4 is 15.0 Å². The summed E-state index contributed by atoms with van der Waals surface area (Å²) in [5, 5.41) is 3.21. The molecule has 0 bridgehead atoms. The van der Waals surface area contributed by atoms with Crippen LogP contribution in [-0.2, 0) is 9.59 Å². The van der Waals surface area contributed by atoms with Gasteiger partial charge in [0.25, 0.3) is 5.91 Å². The van der Waals surface area contributed by atoms with E-state index in [-0.39, 0.29) is 18.2 Å². The molecule has 1 fully saturated rings. The highest BCUT2D eigenvalue weighted by Crippen LogP contribution is 2.27. The topological polar surface area (TPSA) is 58.6 Å². The van der Waals surface area contributed by atoms with Gasteiger partial charge in [-0.3, -0.25) is 9.59 Å². The van der Waals surface area contributed by atoms with Crippen LogP contribution >= 0.6 is 0 Å². The predicted octanol–water partition coefficient (Wildman–Crippen LogP) is 3.45. The van der Waals surface area contributed by atoms with Gasteiger partial charge in [-0.25, -0.2) is 4.90 Å². The van der Waals surface area contributed by atoms with E-state index >= 15 is 0 Å². The number of nitrogens with zero attached hydrogens (tertiary/aromatic N) is 1. The molecule has 1 aliphatic rings. The SMILES string of the molecule is CCOc1ccc(N2C(=O)CC(Nc3ccc(C)cc3C)C2=O)cc1. The molecule has 0 aliphatic carbocycles. The van der Waals surface area contributed by atoms with Crippen LogP contribution in [0.1, 0.15) is 24.5 Å². The van der Waals surface area contributed by atoms with Crippen LogP contribution in [0.25, 0.3) is 0 Å². The van der Waals surface area contributed by atoms with Gasteiger partial charge in [-0.05, 0) is 56.7 Å². The van der Waals surface area contributed by atoms with E-state index in [1.807, 2.05) is 39.0 Å². The van der Waals surface area contributed by atoms with E-state index in [1.54, 1.807) is 24.3 Å². The maximum Gasteiger partial charge on any atom is 0.256 e. The van der Waals surface area contributed by atoms with Gasteiger partial charge in [0, 0.05) is 5.69 Å². The van der Waals surface area contributed by atoms with Crippen molar-refractivity contribution in [2.45, 2.75) is 33.2 Å². The molecule has 2 amide bonds. The molecular weight excluding hydrogens is 316 g/mol. The van der Waals surface area contributed by atoms with Crippen LogP contribution in [0.15, 0.2) is 42.5 Å². The number of benzene rings is 2. The van der Waals surface area contributed by atoms with Crippen molar-refractivity contribution >= 4 is 23.2 Å². The van der Waals surface area contributed by atoms with Gasteiger partial charge in [-0.15, -0.1) is 0 Å². The van der Waals surface area contributed by atoms with E-state index in [0.717, 1.165) is 22.6 Å². The quantitative estimate of drug-likeness (QED) is 0.849. The van der Waals surface area contributed by atoms with E-state index in [9.17, 15) is 9.59 Å². The molecule has 0 saturated carbocycles. The molecule has 0 radical (unpaired) electrons. The van der Waals surface area contributed by atoms with Crippen molar-refractivity contribution in [3.05, 3.63) is 53.6 Å². The normalized spacial score (nSPS) is 17.1. The number of carbonyl (C=O) groups is 2. The average Bonchev–Trinajstić information content (AvgIpc) is 2.85. The molecule has 1 saturated heterocycles. The van der Waals surface area contributed by atoms with E-state index in [2.05, 4.69) is 5.32 Å². The van der Waals surface area contributed by atoms with Gasteiger partial charge >= 0.3 is 0 Å². The summed E-state index contributed by atoms with van der Waals surface area (Å²) in [6.07, 6.45) is 0.152. The number of imide groups is 1. The summed E-state index contributed by atoms with van der Waals surface area (Å²) < 4.78 is 5.40. The lowest BCUT2D eigenvalue weighted by atomic mass is 10.1. The molecule has 1 aliphatic heterocycles. The molecule has 1 unspecified atom stereocenters. The summed E-state index contributed by atoms with van der Waals surface area (Å²) in [5.41, 5.74) is 3.67. The van der Waals surface area contributed by atoms with E-state index in [1.165, 1.54) is 4.90 Å². The molecular formula is C20H22N2O3. The molecule has 1 heterocycles. The fourth-order valence-electron chi connectivity index (χ4n) is 3.04. The number of rotatable bonds is 5. The van der Waals surface area contributed by atoms with Crippen LogP contribution in [0.4, 0.5) is 11.4 Å². The Hall–Kier alpha value is -2.82. The Labute approximate surface area is 147 Å². The maximum absolute atomic E-state index is 12.7. The minimum Gasteiger partial charge on any atom is -0.494 e. The lowest BCUT2D eigenvalue weighted by Crippen LogP contribution is -2.34. The zero-order valence-electron chi connectivity index (χ0n) is 14.7. The van der Waals surface area contributed by atoms with Crippen LogP contribution in [0.3, 0.4) is 0 Å². The second-order valence-corrected chi connectivity index (χ2v) is 6.21. The Morgan fingerprint density at radius 1 is 1.12 bits per heavy atom. The summed E-state index contributed by atoms with van der Waals surface area (Å²) >= 11 is 0. The van der Waals surface area contributed by atoms with Crippen LogP contribution in [-0.4, -0.2) is 24.5 Å². The summed E-state index contributed by atoms with van der Waals surface area (Å²) in [6.45, 7) is 6.49. The second-order valence-electron chi connectivity index (χ2n) is 6.21. The van der Waals surface area contributed by atoms with Crippen molar-refractivity contribution in [3.8, 4) is 5.75 Å². The van der Waals surface area contributed by atoms with Gasteiger partial charge in [0.2, 0.25) is 5.91 Å². The first-order valence-electron chi connectivity index (χ1n) is 8.43. The Balaban J connectivity index is 1.77. The van der Waals surface area contributed by atoms with Gasteiger partial charge < -0.3 is 10.1 Å². The van der Waals surface area contributed by atoms with Gasteiger partial charge in [0.1, 0.15) is 11.8 Å². The Bertz CT molecular complexity index is 799. The molecule has 0 aromatic heterocycles. The zero-order valence-corrected chi connectivity index (χ0v) is 14.7. The number of ether oxygens (including phenoxy) is 1. The number of carbonyl (C=O) groups excluding carboxylic acids is 2. The van der Waals surface area contributed by atoms with Crippen molar-refractivity contribution in [3.63, 3.8) is 0 Å². The monoisotopic (exact) mass is 338 g/mol. The lowest BCUT2D eigenvalue weighted by molar-refractivity contribution is -0.121. The van der Waals surface area contributed by atoms with Crippen molar-refractivity contribution in [2.75, 3.05) is 16.8 Å². The maximum atomic E-state index is 12.7. The third-order valence-corrected chi connectivity index (χ3v) is 4.26. The number of hydrogen-bond donors (Lipinski definition) is 1. The lowest BCUT2D eigenvalue weighted by Gasteiger charge is -2.17. The van der Waals surface area contributed by atoms with Crippen LogP contribution in [0.5, 0.6) is 5.75 Å². The minimum absolute atomic E-state index is 0.152. The van der Waals surface area contributed by atoms with Crippen molar-refractivity contribution in [2.24, 2.45) is 0 Å². The third kappa shape index (κ3) is 3.50. The summed E-state index contributed by atoms with van der Waals surface area (Å²) in [6, 6.07) is 12.5. The van der Waals surface area contributed by atoms with Gasteiger partial charge in [0.05, 0.1) is 18.7 Å².